The Hall–Kier alpha value is -0.330. The first-order valence-electron chi connectivity index (χ1n) is 6.78. The summed E-state index contributed by atoms with van der Waals surface area (Å²) < 4.78 is 0.780. The molecule has 5 heteroatoms. The molecule has 0 aliphatic rings. The zero-order chi connectivity index (χ0) is 13.8. The number of hydrogen-bond acceptors (Lipinski definition) is 2. The van der Waals surface area contributed by atoms with E-state index in [-0.39, 0.29) is 17.9 Å². The van der Waals surface area contributed by atoms with Gasteiger partial charge in [0.1, 0.15) is 6.04 Å². The molecule has 0 aromatic carbocycles. The zero-order valence-corrected chi connectivity index (χ0v) is 13.6. The fourth-order valence-corrected chi connectivity index (χ4v) is 2.08. The second-order valence-electron chi connectivity index (χ2n) is 4.35. The molecule has 0 fully saturated rings. The first kappa shape index (κ1) is 17.7. The van der Waals surface area contributed by atoms with E-state index in [2.05, 4.69) is 40.1 Å². The Morgan fingerprint density at radius 2 is 1.89 bits per heavy atom. The largest absolute Gasteiger partial charge is 0.354 e. The van der Waals surface area contributed by atoms with Crippen molar-refractivity contribution in [3.05, 3.63) is 0 Å². The molecule has 0 rings (SSSR count). The molecule has 0 radical (unpaired) electrons. The maximum absolute atomic E-state index is 11.9. The zero-order valence-electron chi connectivity index (χ0n) is 11.4. The summed E-state index contributed by atoms with van der Waals surface area (Å²) in [6, 6.07) is -0.362. The monoisotopic (exact) mass is 368 g/mol. The van der Waals surface area contributed by atoms with Crippen LogP contribution in [-0.4, -0.2) is 28.8 Å². The number of unbranched alkanes of at least 4 members (excludes halogenated alkanes) is 2. The molecule has 0 aromatic heterocycles. The van der Waals surface area contributed by atoms with Crippen LogP contribution in [0, 0.1) is 0 Å². The minimum atomic E-state index is -0.362. The van der Waals surface area contributed by atoms with Crippen molar-refractivity contribution >= 4 is 34.4 Å². The lowest BCUT2D eigenvalue weighted by molar-refractivity contribution is -0.129. The van der Waals surface area contributed by atoms with Gasteiger partial charge in [-0.15, -0.1) is 0 Å². The Labute approximate surface area is 124 Å². The number of carbonyl (C=O) groups excluding carboxylic acids is 2. The van der Waals surface area contributed by atoms with Crippen molar-refractivity contribution in [1.29, 1.82) is 0 Å². The number of rotatable bonds is 10. The lowest BCUT2D eigenvalue weighted by Crippen LogP contribution is -2.46. The average molecular weight is 368 g/mol. The lowest BCUT2D eigenvalue weighted by atomic mass is 10.1. The van der Waals surface area contributed by atoms with E-state index in [0.29, 0.717) is 13.0 Å². The van der Waals surface area contributed by atoms with Gasteiger partial charge in [-0.25, -0.2) is 0 Å². The summed E-state index contributed by atoms with van der Waals surface area (Å²) in [5.74, 6) is -0.0766. The van der Waals surface area contributed by atoms with Gasteiger partial charge < -0.3 is 10.6 Å². The molecule has 106 valence electrons. The van der Waals surface area contributed by atoms with Crippen LogP contribution in [0.15, 0.2) is 0 Å². The second-order valence-corrected chi connectivity index (χ2v) is 5.42. The summed E-state index contributed by atoms with van der Waals surface area (Å²) in [6.45, 7) is 4.81. The third-order valence-corrected chi connectivity index (χ3v) is 3.16. The Kier molecular flexibility index (Phi) is 11.5. The van der Waals surface area contributed by atoms with Crippen LogP contribution in [-0.2, 0) is 9.59 Å². The highest BCUT2D eigenvalue weighted by molar-refractivity contribution is 14.1. The van der Waals surface area contributed by atoms with Gasteiger partial charge in [0, 0.05) is 17.4 Å². The highest BCUT2D eigenvalue weighted by Crippen LogP contribution is 2.04. The quantitative estimate of drug-likeness (QED) is 0.354. The van der Waals surface area contributed by atoms with Crippen LogP contribution in [0.25, 0.3) is 0 Å². The van der Waals surface area contributed by atoms with Crippen LogP contribution in [0.4, 0.5) is 0 Å². The van der Waals surface area contributed by atoms with E-state index in [1.165, 1.54) is 0 Å². The minimum absolute atomic E-state index is 0.0300. The van der Waals surface area contributed by atoms with Gasteiger partial charge in [-0.2, -0.15) is 0 Å². The van der Waals surface area contributed by atoms with E-state index in [4.69, 9.17) is 0 Å². The van der Waals surface area contributed by atoms with Crippen LogP contribution < -0.4 is 10.6 Å². The molecule has 0 bridgehead atoms. The Balaban J connectivity index is 4.22. The van der Waals surface area contributed by atoms with Crippen molar-refractivity contribution in [2.24, 2.45) is 0 Å². The van der Waals surface area contributed by atoms with Crippen molar-refractivity contribution in [2.45, 2.75) is 58.4 Å². The lowest BCUT2D eigenvalue weighted by Gasteiger charge is -2.18. The van der Waals surface area contributed by atoms with Crippen LogP contribution in [0.1, 0.15) is 52.4 Å². The van der Waals surface area contributed by atoms with Gasteiger partial charge in [-0.1, -0.05) is 55.7 Å². The van der Waals surface area contributed by atoms with E-state index in [9.17, 15) is 9.59 Å². The Morgan fingerprint density at radius 1 is 1.17 bits per heavy atom. The van der Waals surface area contributed by atoms with Gasteiger partial charge in [-0.3, -0.25) is 9.59 Å². The summed E-state index contributed by atoms with van der Waals surface area (Å²) in [6.07, 6.45) is 5.31. The van der Waals surface area contributed by atoms with Crippen molar-refractivity contribution in [1.82, 2.24) is 10.6 Å². The first-order chi connectivity index (χ1) is 8.65. The fraction of sp³-hybridized carbons (Fsp3) is 0.846. The molecule has 0 saturated carbocycles. The number of nitrogens with one attached hydrogen (secondary N) is 2. The Bertz CT molecular complexity index is 247. The fourth-order valence-electron chi connectivity index (χ4n) is 1.59. The van der Waals surface area contributed by atoms with Crippen molar-refractivity contribution < 1.29 is 9.59 Å². The van der Waals surface area contributed by atoms with Gasteiger partial charge in [0.15, 0.2) is 0 Å². The first-order valence-corrected chi connectivity index (χ1v) is 8.31. The van der Waals surface area contributed by atoms with E-state index in [0.717, 1.165) is 36.5 Å². The molecule has 0 aromatic rings. The second kappa shape index (κ2) is 11.7. The molecule has 0 aliphatic heterocycles. The van der Waals surface area contributed by atoms with Crippen molar-refractivity contribution in [2.75, 3.05) is 11.0 Å². The molecule has 2 N–H and O–H groups in total. The average Bonchev–Trinajstić information content (AvgIpc) is 2.35. The highest BCUT2D eigenvalue weighted by Gasteiger charge is 2.19. The predicted molar refractivity (Wildman–Crippen MR) is 82.9 cm³/mol. The summed E-state index contributed by atoms with van der Waals surface area (Å²) >= 11 is 2.16. The van der Waals surface area contributed by atoms with Crippen LogP contribution in [0.5, 0.6) is 0 Å². The smallest absolute Gasteiger partial charge is 0.242 e. The molecular formula is C13H25IN2O2. The van der Waals surface area contributed by atoms with E-state index >= 15 is 0 Å². The normalized spacial score (nSPS) is 11.9. The van der Waals surface area contributed by atoms with Gasteiger partial charge >= 0.3 is 0 Å². The maximum atomic E-state index is 11.9. The van der Waals surface area contributed by atoms with Gasteiger partial charge in [0.2, 0.25) is 11.8 Å². The third-order valence-electron chi connectivity index (χ3n) is 2.62. The third kappa shape index (κ3) is 8.72. The molecule has 2 amide bonds. The molecule has 0 saturated heterocycles. The minimum Gasteiger partial charge on any atom is -0.354 e. The molecule has 0 unspecified atom stereocenters. The number of alkyl halides is 1. The number of halogens is 1. The summed E-state index contributed by atoms with van der Waals surface area (Å²) in [4.78, 5) is 23.5. The summed E-state index contributed by atoms with van der Waals surface area (Å²) in [7, 11) is 0. The molecule has 1 atom stereocenters. The number of hydrogen-bond donors (Lipinski definition) is 2. The molecule has 0 aliphatic carbocycles. The standard InChI is InChI=1S/C13H25IN2O2/c1-3-5-6-7-11(13(18)15-10-4-2)16-12(17)8-9-14/h11H,3-10H2,1-2H3,(H,15,18)(H,16,17)/t11-/m0/s1. The van der Waals surface area contributed by atoms with Crippen LogP contribution >= 0.6 is 22.6 Å². The van der Waals surface area contributed by atoms with Crippen molar-refractivity contribution in [3.8, 4) is 0 Å². The molecule has 18 heavy (non-hydrogen) atoms. The van der Waals surface area contributed by atoms with Gasteiger partial charge in [0.05, 0.1) is 0 Å². The van der Waals surface area contributed by atoms with E-state index in [1.807, 2.05) is 6.92 Å². The maximum Gasteiger partial charge on any atom is 0.242 e. The van der Waals surface area contributed by atoms with Crippen molar-refractivity contribution in [3.63, 3.8) is 0 Å². The van der Waals surface area contributed by atoms with Crippen LogP contribution in [0.2, 0.25) is 0 Å². The number of amides is 2. The topological polar surface area (TPSA) is 58.2 Å². The van der Waals surface area contributed by atoms with Gasteiger partial charge in [0.25, 0.3) is 0 Å². The van der Waals surface area contributed by atoms with E-state index in [1.54, 1.807) is 0 Å². The number of carbonyl (C=O) groups is 2. The highest BCUT2D eigenvalue weighted by atomic mass is 127. The Morgan fingerprint density at radius 3 is 2.44 bits per heavy atom. The molecule has 4 nitrogen and oxygen atoms in total. The predicted octanol–water partition coefficient (Wildman–Crippen LogP) is 2.40. The van der Waals surface area contributed by atoms with Crippen LogP contribution in [0.3, 0.4) is 0 Å². The summed E-state index contributed by atoms with van der Waals surface area (Å²) in [5, 5.41) is 5.68. The van der Waals surface area contributed by atoms with Gasteiger partial charge in [-0.05, 0) is 12.8 Å². The molecule has 0 spiro atoms. The summed E-state index contributed by atoms with van der Waals surface area (Å²) in [5.41, 5.74) is 0. The van der Waals surface area contributed by atoms with E-state index < -0.39 is 0 Å². The SMILES string of the molecule is CCCCC[C@H](NC(=O)CCI)C(=O)NCCC. The molecule has 0 heterocycles. The molecular weight excluding hydrogens is 343 g/mol.